The topological polar surface area (TPSA) is 12.0 Å². The number of nitrogens with one attached hydrogen (secondary N) is 1. The van der Waals surface area contributed by atoms with Crippen LogP contribution in [0.3, 0.4) is 0 Å². The van der Waals surface area contributed by atoms with Gasteiger partial charge in [-0.05, 0) is 49.6 Å². The summed E-state index contributed by atoms with van der Waals surface area (Å²) in [5.41, 5.74) is 1.37. The first-order chi connectivity index (χ1) is 6.72. The Kier molecular flexibility index (Phi) is 3.30. The van der Waals surface area contributed by atoms with Crippen molar-refractivity contribution in [2.24, 2.45) is 5.92 Å². The summed E-state index contributed by atoms with van der Waals surface area (Å²) in [5, 5.41) is 3.40. The number of hydrogen-bond acceptors (Lipinski definition) is 1. The first kappa shape index (κ1) is 10.7. The van der Waals surface area contributed by atoms with Crippen LogP contribution in [0.15, 0.2) is 27.1 Å². The lowest BCUT2D eigenvalue weighted by Crippen LogP contribution is -2.18. The van der Waals surface area contributed by atoms with Crippen LogP contribution in [0.4, 0.5) is 0 Å². The monoisotopic (exact) mass is 317 g/mol. The second-order valence-corrected chi connectivity index (χ2v) is 5.54. The largest absolute Gasteiger partial charge is 0.313 e. The van der Waals surface area contributed by atoms with E-state index in [1.807, 2.05) is 7.05 Å². The molecule has 0 spiro atoms. The van der Waals surface area contributed by atoms with Crippen molar-refractivity contribution >= 4 is 31.9 Å². The van der Waals surface area contributed by atoms with Crippen molar-refractivity contribution in [3.05, 3.63) is 32.7 Å². The van der Waals surface area contributed by atoms with Crippen LogP contribution in [0.1, 0.15) is 24.4 Å². The highest BCUT2D eigenvalue weighted by Gasteiger charge is 2.32. The quantitative estimate of drug-likeness (QED) is 0.891. The Labute approximate surface area is 102 Å². The van der Waals surface area contributed by atoms with Gasteiger partial charge in [-0.15, -0.1) is 0 Å². The minimum atomic E-state index is 0.502. The molecule has 0 amide bonds. The van der Waals surface area contributed by atoms with Crippen LogP contribution in [-0.2, 0) is 0 Å². The average Bonchev–Trinajstić information content (AvgIpc) is 2.96. The highest BCUT2D eigenvalue weighted by Crippen LogP contribution is 2.43. The molecule has 1 atom stereocenters. The Morgan fingerprint density at radius 2 is 2.07 bits per heavy atom. The molecule has 0 radical (unpaired) electrons. The minimum Gasteiger partial charge on any atom is -0.313 e. The van der Waals surface area contributed by atoms with E-state index in [0.717, 1.165) is 10.4 Å². The van der Waals surface area contributed by atoms with Crippen LogP contribution in [0.2, 0.25) is 0 Å². The average molecular weight is 319 g/mol. The zero-order valence-corrected chi connectivity index (χ0v) is 11.2. The van der Waals surface area contributed by atoms with Crippen LogP contribution < -0.4 is 5.32 Å². The molecule has 1 nitrogen and oxygen atoms in total. The van der Waals surface area contributed by atoms with Crippen molar-refractivity contribution in [1.82, 2.24) is 5.32 Å². The summed E-state index contributed by atoms with van der Waals surface area (Å²) in [6, 6.07) is 6.87. The van der Waals surface area contributed by atoms with Crippen molar-refractivity contribution < 1.29 is 0 Å². The second-order valence-electron chi connectivity index (χ2n) is 3.77. The van der Waals surface area contributed by atoms with Crippen molar-refractivity contribution in [3.63, 3.8) is 0 Å². The molecule has 0 bridgehead atoms. The van der Waals surface area contributed by atoms with Gasteiger partial charge in [-0.25, -0.2) is 0 Å². The molecule has 0 aromatic heterocycles. The van der Waals surface area contributed by atoms with Gasteiger partial charge >= 0.3 is 0 Å². The van der Waals surface area contributed by atoms with Crippen molar-refractivity contribution in [2.45, 2.75) is 18.9 Å². The van der Waals surface area contributed by atoms with Gasteiger partial charge in [-0.2, -0.15) is 0 Å². The number of halogens is 2. The van der Waals surface area contributed by atoms with Crippen molar-refractivity contribution in [2.75, 3.05) is 7.05 Å². The number of hydrogen-bond donors (Lipinski definition) is 1. The van der Waals surface area contributed by atoms with E-state index in [9.17, 15) is 0 Å². The van der Waals surface area contributed by atoms with Gasteiger partial charge in [0.1, 0.15) is 0 Å². The van der Waals surface area contributed by atoms with E-state index in [1.165, 1.54) is 22.9 Å². The molecule has 2 rings (SSSR count). The van der Waals surface area contributed by atoms with E-state index in [-0.39, 0.29) is 0 Å². The zero-order valence-electron chi connectivity index (χ0n) is 8.06. The molecular weight excluding hydrogens is 306 g/mol. The van der Waals surface area contributed by atoms with Gasteiger partial charge in [0, 0.05) is 15.0 Å². The molecule has 1 aromatic carbocycles. The summed E-state index contributed by atoms with van der Waals surface area (Å²) < 4.78 is 2.35. The normalized spacial score (nSPS) is 18.2. The minimum absolute atomic E-state index is 0.502. The predicted octanol–water partition coefficient (Wildman–Crippen LogP) is 3.88. The molecular formula is C11H13Br2N. The molecule has 1 aliphatic rings. The van der Waals surface area contributed by atoms with E-state index in [2.05, 4.69) is 55.4 Å². The van der Waals surface area contributed by atoms with E-state index in [0.29, 0.717) is 6.04 Å². The third-order valence-corrected chi connectivity index (χ3v) is 3.91. The number of benzene rings is 1. The highest BCUT2D eigenvalue weighted by molar-refractivity contribution is 9.11. The van der Waals surface area contributed by atoms with Gasteiger partial charge in [0.05, 0.1) is 0 Å². The van der Waals surface area contributed by atoms with E-state index < -0.39 is 0 Å². The van der Waals surface area contributed by atoms with Gasteiger partial charge in [-0.3, -0.25) is 0 Å². The molecule has 3 heteroatoms. The maximum Gasteiger partial charge on any atom is 0.0357 e. The van der Waals surface area contributed by atoms with Gasteiger partial charge in [0.25, 0.3) is 0 Å². The predicted molar refractivity (Wildman–Crippen MR) is 66.4 cm³/mol. The highest BCUT2D eigenvalue weighted by atomic mass is 79.9. The van der Waals surface area contributed by atoms with Gasteiger partial charge < -0.3 is 5.32 Å². The molecule has 1 fully saturated rings. The Balaban J connectivity index is 2.32. The second kappa shape index (κ2) is 4.33. The first-order valence-electron chi connectivity index (χ1n) is 4.84. The maximum absolute atomic E-state index is 3.61. The smallest absolute Gasteiger partial charge is 0.0357 e. The van der Waals surface area contributed by atoms with E-state index in [1.54, 1.807) is 0 Å². The molecule has 1 aliphatic carbocycles. The van der Waals surface area contributed by atoms with Gasteiger partial charge in [0.15, 0.2) is 0 Å². The zero-order chi connectivity index (χ0) is 10.1. The Bertz CT molecular complexity index is 334. The van der Waals surface area contributed by atoms with Crippen LogP contribution in [0, 0.1) is 5.92 Å². The van der Waals surface area contributed by atoms with E-state index >= 15 is 0 Å². The molecule has 14 heavy (non-hydrogen) atoms. The Morgan fingerprint density at radius 1 is 1.36 bits per heavy atom. The lowest BCUT2D eigenvalue weighted by Gasteiger charge is -2.17. The Morgan fingerprint density at radius 3 is 2.64 bits per heavy atom. The first-order valence-corrected chi connectivity index (χ1v) is 6.43. The van der Waals surface area contributed by atoms with Crippen molar-refractivity contribution in [3.8, 4) is 0 Å². The summed E-state index contributed by atoms with van der Waals surface area (Å²) in [7, 11) is 2.04. The van der Waals surface area contributed by atoms with Crippen LogP contribution in [0.25, 0.3) is 0 Å². The fraction of sp³-hybridized carbons (Fsp3) is 0.455. The lowest BCUT2D eigenvalue weighted by molar-refractivity contribution is 0.526. The summed E-state index contributed by atoms with van der Waals surface area (Å²) in [4.78, 5) is 0. The van der Waals surface area contributed by atoms with Gasteiger partial charge in [0.2, 0.25) is 0 Å². The summed E-state index contributed by atoms with van der Waals surface area (Å²) in [6.45, 7) is 0. The molecule has 1 N–H and O–H groups in total. The fourth-order valence-electron chi connectivity index (χ4n) is 1.83. The number of rotatable bonds is 3. The fourth-order valence-corrected chi connectivity index (χ4v) is 2.70. The van der Waals surface area contributed by atoms with Crippen LogP contribution in [-0.4, -0.2) is 7.05 Å². The molecule has 1 unspecified atom stereocenters. The summed E-state index contributed by atoms with van der Waals surface area (Å²) >= 11 is 7.12. The summed E-state index contributed by atoms with van der Waals surface area (Å²) in [5.74, 6) is 0.825. The molecule has 1 saturated carbocycles. The molecule has 1 aromatic rings. The molecule has 76 valence electrons. The third kappa shape index (κ3) is 2.20. The molecule has 0 aliphatic heterocycles. The summed E-state index contributed by atoms with van der Waals surface area (Å²) in [6.07, 6.45) is 2.70. The van der Waals surface area contributed by atoms with Crippen LogP contribution in [0.5, 0.6) is 0 Å². The standard InChI is InChI=1S/C11H13Br2N/c1-14-11(7-2-3-7)9-6-8(12)4-5-10(9)13/h4-7,11,14H,2-3H2,1H3. The van der Waals surface area contributed by atoms with Crippen molar-refractivity contribution in [1.29, 1.82) is 0 Å². The SMILES string of the molecule is CNC(c1cc(Br)ccc1Br)C1CC1. The molecule has 0 saturated heterocycles. The third-order valence-electron chi connectivity index (χ3n) is 2.70. The van der Waals surface area contributed by atoms with E-state index in [4.69, 9.17) is 0 Å². The van der Waals surface area contributed by atoms with Gasteiger partial charge in [-0.1, -0.05) is 31.9 Å². The molecule has 0 heterocycles. The maximum atomic E-state index is 3.61. The lowest BCUT2D eigenvalue weighted by atomic mass is 10.0. The Hall–Kier alpha value is 0.140. The van der Waals surface area contributed by atoms with Crippen LogP contribution >= 0.6 is 31.9 Å².